The highest BCUT2D eigenvalue weighted by Gasteiger charge is 2.17. The fraction of sp³-hybridized carbons (Fsp3) is 0.333. The molecule has 0 heterocycles. The first-order valence-electron chi connectivity index (χ1n) is 8.80. The van der Waals surface area contributed by atoms with Gasteiger partial charge in [-0.25, -0.2) is 4.79 Å². The molecule has 2 rings (SSSR count). The molecule has 0 spiro atoms. The molecule has 0 fully saturated rings. The summed E-state index contributed by atoms with van der Waals surface area (Å²) < 4.78 is 10.6. The van der Waals surface area contributed by atoms with E-state index in [-0.39, 0.29) is 18.6 Å². The zero-order chi connectivity index (χ0) is 18.9. The van der Waals surface area contributed by atoms with E-state index in [0.29, 0.717) is 17.9 Å². The van der Waals surface area contributed by atoms with Gasteiger partial charge in [0.15, 0.2) is 6.61 Å². The largest absolute Gasteiger partial charge is 0.493 e. The van der Waals surface area contributed by atoms with Gasteiger partial charge in [-0.3, -0.25) is 4.79 Å². The van der Waals surface area contributed by atoms with Crippen LogP contribution in [-0.2, 0) is 9.53 Å². The average molecular weight is 355 g/mol. The molecule has 0 aliphatic carbocycles. The van der Waals surface area contributed by atoms with Crippen LogP contribution in [0, 0.1) is 6.92 Å². The summed E-state index contributed by atoms with van der Waals surface area (Å²) in [6.45, 7) is 5.96. The molecule has 138 valence electrons. The Morgan fingerprint density at radius 3 is 2.38 bits per heavy atom. The third kappa shape index (κ3) is 5.34. The van der Waals surface area contributed by atoms with Crippen molar-refractivity contribution in [1.82, 2.24) is 5.32 Å². The van der Waals surface area contributed by atoms with Crippen molar-refractivity contribution in [3.05, 3.63) is 65.2 Å². The highest BCUT2D eigenvalue weighted by Crippen LogP contribution is 2.19. The maximum atomic E-state index is 12.2. The Bertz CT molecular complexity index is 740. The van der Waals surface area contributed by atoms with Gasteiger partial charge in [-0.2, -0.15) is 0 Å². The van der Waals surface area contributed by atoms with Crippen LogP contribution in [0.5, 0.6) is 5.75 Å². The summed E-state index contributed by atoms with van der Waals surface area (Å²) in [6.07, 6.45) is 0.746. The van der Waals surface area contributed by atoms with Gasteiger partial charge in [0.05, 0.1) is 12.6 Å². The summed E-state index contributed by atoms with van der Waals surface area (Å²) in [7, 11) is 0. The minimum atomic E-state index is -0.576. The van der Waals surface area contributed by atoms with Crippen LogP contribution in [0.2, 0.25) is 0 Å². The molecule has 0 bridgehead atoms. The highest BCUT2D eigenvalue weighted by atomic mass is 16.5. The number of nitrogens with one attached hydrogen (secondary N) is 1. The average Bonchev–Trinajstić information content (AvgIpc) is 2.65. The van der Waals surface area contributed by atoms with Crippen LogP contribution >= 0.6 is 0 Å². The Labute approximate surface area is 154 Å². The summed E-state index contributed by atoms with van der Waals surface area (Å²) in [4.78, 5) is 24.4. The molecule has 5 heteroatoms. The van der Waals surface area contributed by atoms with E-state index in [2.05, 4.69) is 5.32 Å². The van der Waals surface area contributed by atoms with Gasteiger partial charge in [0.25, 0.3) is 5.91 Å². The summed E-state index contributed by atoms with van der Waals surface area (Å²) in [5.41, 5.74) is 2.50. The standard InChI is InChI=1S/C21H25NO4/c1-4-18(16-12-10-15(3)11-13-16)22-20(23)14-26-21(24)17-8-6-7-9-19(17)25-5-2/h6-13,18H,4-5,14H2,1-3H3,(H,22,23)/t18-/m1/s1. The van der Waals surface area contributed by atoms with Crippen LogP contribution in [-0.4, -0.2) is 25.1 Å². The highest BCUT2D eigenvalue weighted by molar-refractivity contribution is 5.94. The number of carbonyl (C=O) groups excluding carboxylic acids is 2. The number of aryl methyl sites for hydroxylation is 1. The number of esters is 1. The molecule has 26 heavy (non-hydrogen) atoms. The summed E-state index contributed by atoms with van der Waals surface area (Å²) in [5.74, 6) is -0.459. The zero-order valence-corrected chi connectivity index (χ0v) is 15.5. The van der Waals surface area contributed by atoms with E-state index < -0.39 is 5.97 Å². The molecule has 0 aromatic heterocycles. The van der Waals surface area contributed by atoms with Crippen molar-refractivity contribution in [3.63, 3.8) is 0 Å². The van der Waals surface area contributed by atoms with Crippen LogP contribution in [0.1, 0.15) is 47.8 Å². The van der Waals surface area contributed by atoms with Crippen LogP contribution < -0.4 is 10.1 Å². The quantitative estimate of drug-likeness (QED) is 0.731. The smallest absolute Gasteiger partial charge is 0.342 e. The van der Waals surface area contributed by atoms with E-state index in [0.717, 1.165) is 17.5 Å². The third-order valence-electron chi connectivity index (χ3n) is 3.96. The topological polar surface area (TPSA) is 64.6 Å². The molecule has 1 amide bonds. The second kappa shape index (κ2) is 9.61. The Morgan fingerprint density at radius 2 is 1.73 bits per heavy atom. The van der Waals surface area contributed by atoms with Gasteiger partial charge < -0.3 is 14.8 Å². The molecule has 0 saturated carbocycles. The lowest BCUT2D eigenvalue weighted by atomic mass is 10.0. The van der Waals surface area contributed by atoms with E-state index in [9.17, 15) is 9.59 Å². The lowest BCUT2D eigenvalue weighted by Gasteiger charge is -2.18. The van der Waals surface area contributed by atoms with Gasteiger partial charge in [0.1, 0.15) is 11.3 Å². The number of hydrogen-bond acceptors (Lipinski definition) is 4. The lowest BCUT2D eigenvalue weighted by Crippen LogP contribution is -2.32. The molecule has 2 aromatic carbocycles. The SMILES string of the molecule is CCOc1ccccc1C(=O)OCC(=O)N[C@H](CC)c1ccc(C)cc1. The van der Waals surface area contributed by atoms with Crippen molar-refractivity contribution in [1.29, 1.82) is 0 Å². The summed E-state index contributed by atoms with van der Waals surface area (Å²) >= 11 is 0. The Morgan fingerprint density at radius 1 is 1.04 bits per heavy atom. The first kappa shape index (κ1) is 19.5. The number of ether oxygens (including phenoxy) is 2. The Balaban J connectivity index is 1.93. The van der Waals surface area contributed by atoms with Crippen molar-refractivity contribution >= 4 is 11.9 Å². The molecular formula is C21H25NO4. The van der Waals surface area contributed by atoms with E-state index in [1.54, 1.807) is 24.3 Å². The second-order valence-corrected chi connectivity index (χ2v) is 5.94. The molecule has 1 N–H and O–H groups in total. The first-order valence-corrected chi connectivity index (χ1v) is 8.80. The van der Waals surface area contributed by atoms with Crippen LogP contribution in [0.4, 0.5) is 0 Å². The van der Waals surface area contributed by atoms with Crippen molar-refractivity contribution in [2.75, 3.05) is 13.2 Å². The van der Waals surface area contributed by atoms with Gasteiger partial charge in [-0.15, -0.1) is 0 Å². The van der Waals surface area contributed by atoms with Crippen LogP contribution in [0.15, 0.2) is 48.5 Å². The van der Waals surface area contributed by atoms with Gasteiger partial charge in [0, 0.05) is 0 Å². The minimum Gasteiger partial charge on any atom is -0.493 e. The predicted molar refractivity (Wildman–Crippen MR) is 100 cm³/mol. The number of rotatable bonds is 8. The maximum Gasteiger partial charge on any atom is 0.342 e. The number of carbonyl (C=O) groups is 2. The van der Waals surface area contributed by atoms with E-state index >= 15 is 0 Å². The molecule has 0 aliphatic rings. The van der Waals surface area contributed by atoms with E-state index in [1.807, 2.05) is 45.0 Å². The normalized spacial score (nSPS) is 11.5. The molecular weight excluding hydrogens is 330 g/mol. The molecule has 0 aliphatic heterocycles. The fourth-order valence-electron chi connectivity index (χ4n) is 2.58. The van der Waals surface area contributed by atoms with Crippen molar-refractivity contribution in [3.8, 4) is 5.75 Å². The summed E-state index contributed by atoms with van der Waals surface area (Å²) in [5, 5.41) is 2.90. The van der Waals surface area contributed by atoms with Crippen LogP contribution in [0.3, 0.4) is 0 Å². The van der Waals surface area contributed by atoms with E-state index in [1.165, 1.54) is 0 Å². The molecule has 5 nitrogen and oxygen atoms in total. The van der Waals surface area contributed by atoms with Crippen molar-refractivity contribution < 1.29 is 19.1 Å². The van der Waals surface area contributed by atoms with Gasteiger partial charge >= 0.3 is 5.97 Å². The Kier molecular flexibility index (Phi) is 7.21. The van der Waals surface area contributed by atoms with Crippen molar-refractivity contribution in [2.45, 2.75) is 33.2 Å². The van der Waals surface area contributed by atoms with Crippen LogP contribution in [0.25, 0.3) is 0 Å². The lowest BCUT2D eigenvalue weighted by molar-refractivity contribution is -0.125. The van der Waals surface area contributed by atoms with Gasteiger partial charge in [-0.1, -0.05) is 48.9 Å². The minimum absolute atomic E-state index is 0.113. The predicted octanol–water partition coefficient (Wildman–Crippen LogP) is 3.82. The number of hydrogen-bond donors (Lipinski definition) is 1. The first-order chi connectivity index (χ1) is 12.5. The summed E-state index contributed by atoms with van der Waals surface area (Å²) in [6, 6.07) is 14.7. The number of benzene rings is 2. The monoisotopic (exact) mass is 355 g/mol. The second-order valence-electron chi connectivity index (χ2n) is 5.94. The van der Waals surface area contributed by atoms with Gasteiger partial charge in [-0.05, 0) is 38.0 Å². The fourth-order valence-corrected chi connectivity index (χ4v) is 2.58. The van der Waals surface area contributed by atoms with E-state index in [4.69, 9.17) is 9.47 Å². The van der Waals surface area contributed by atoms with Gasteiger partial charge in [0.2, 0.25) is 0 Å². The number of para-hydroxylation sites is 1. The molecule has 0 saturated heterocycles. The number of amides is 1. The molecule has 0 unspecified atom stereocenters. The Hall–Kier alpha value is -2.82. The third-order valence-corrected chi connectivity index (χ3v) is 3.96. The molecule has 1 atom stereocenters. The molecule has 0 radical (unpaired) electrons. The maximum absolute atomic E-state index is 12.2. The zero-order valence-electron chi connectivity index (χ0n) is 15.5. The van der Waals surface area contributed by atoms with Crippen molar-refractivity contribution in [2.24, 2.45) is 0 Å². The molecule has 2 aromatic rings.